The lowest BCUT2D eigenvalue weighted by Crippen LogP contribution is -2.40. The van der Waals surface area contributed by atoms with Gasteiger partial charge in [-0.3, -0.25) is 19.3 Å². The molecule has 48 heavy (non-hydrogen) atoms. The molecule has 3 fully saturated rings. The second-order valence-corrected chi connectivity index (χ2v) is 14.3. The Morgan fingerprint density at radius 3 is 2.19 bits per heavy atom. The molecule has 5 aliphatic rings. The van der Waals surface area contributed by atoms with E-state index in [-0.39, 0.29) is 46.8 Å². The number of imide groups is 1. The summed E-state index contributed by atoms with van der Waals surface area (Å²) in [6.07, 6.45) is 4.37. The molecule has 10 heteroatoms. The van der Waals surface area contributed by atoms with Crippen molar-refractivity contribution in [3.63, 3.8) is 0 Å². The fourth-order valence-corrected chi connectivity index (χ4v) is 8.71. The number of Topliss-reactive ketones (excluding diaryl/α,β-unsaturated/α-hetero) is 1. The molecular formula is C38H30BrClN2O6. The molecular weight excluding hydrogens is 696 g/mol. The van der Waals surface area contributed by atoms with Gasteiger partial charge in [0.15, 0.2) is 6.10 Å². The number of ketones is 1. The molecule has 7 atom stereocenters. The molecule has 0 radical (unpaired) electrons. The summed E-state index contributed by atoms with van der Waals surface area (Å²) in [5, 5.41) is 0.967. The van der Waals surface area contributed by atoms with E-state index in [2.05, 4.69) is 28.1 Å². The molecule has 3 aromatic carbocycles. The summed E-state index contributed by atoms with van der Waals surface area (Å²) < 4.78 is 11.5. The second-order valence-electron chi connectivity index (χ2n) is 13.1. The van der Waals surface area contributed by atoms with Crippen molar-refractivity contribution < 1.29 is 28.7 Å². The lowest BCUT2D eigenvalue weighted by atomic mass is 9.63. The lowest BCUT2D eigenvalue weighted by molar-refractivity contribution is -0.124. The van der Waals surface area contributed by atoms with Crippen molar-refractivity contribution in [1.82, 2.24) is 4.98 Å². The summed E-state index contributed by atoms with van der Waals surface area (Å²) in [5.74, 6) is 0.114. The maximum Gasteiger partial charge on any atom is 0.339 e. The number of esters is 1. The van der Waals surface area contributed by atoms with Gasteiger partial charge in [-0.2, -0.15) is 0 Å². The fraction of sp³-hybridized carbons (Fsp3) is 0.289. The Kier molecular flexibility index (Phi) is 7.34. The molecule has 8 nitrogen and oxygen atoms in total. The van der Waals surface area contributed by atoms with Crippen molar-refractivity contribution >= 4 is 67.7 Å². The number of ether oxygens (including phenoxy) is 2. The number of methoxy groups -OCH3 is 1. The SMILES string of the molecule is COc1ccc(C(=O)C(C)OC(=O)c2cc(-c3ccc(N4C(=O)C5C6C=CC(C7CC67)C5C4=O)cc3)nc3c(C)c(Cl)c(Br)cc23)cc1. The van der Waals surface area contributed by atoms with Crippen LogP contribution in [0.4, 0.5) is 5.69 Å². The van der Waals surface area contributed by atoms with E-state index in [1.165, 1.54) is 11.8 Å². The van der Waals surface area contributed by atoms with Gasteiger partial charge in [0.05, 0.1) is 46.4 Å². The highest BCUT2D eigenvalue weighted by Crippen LogP contribution is 2.65. The number of benzene rings is 3. The number of allylic oxidation sites excluding steroid dienone is 2. The van der Waals surface area contributed by atoms with Gasteiger partial charge in [-0.15, -0.1) is 0 Å². The molecule has 0 N–H and O–H groups in total. The zero-order valence-electron chi connectivity index (χ0n) is 26.3. The largest absolute Gasteiger partial charge is 0.497 e. The number of pyridine rings is 1. The minimum Gasteiger partial charge on any atom is -0.497 e. The Labute approximate surface area is 290 Å². The third kappa shape index (κ3) is 4.73. The first-order chi connectivity index (χ1) is 23.1. The summed E-state index contributed by atoms with van der Waals surface area (Å²) >= 11 is 10.1. The average Bonchev–Trinajstić information content (AvgIpc) is 3.89. The standard InChI is InChI=1S/C38H30BrClN2O6/c1-17-33(40)29(39)15-27-28(38(46)48-18(2)35(43)20-6-10-22(47-3)11-7-20)16-30(41-34(17)27)19-4-8-21(9-5-19)42-36(44)31-23-12-13-24(26-14-25(23)26)32(31)37(42)45/h4-13,15-16,18,23-26,31-32H,14H2,1-3H3. The molecule has 1 aliphatic heterocycles. The smallest absolute Gasteiger partial charge is 0.339 e. The molecule has 1 saturated heterocycles. The molecule has 7 unspecified atom stereocenters. The third-order valence-corrected chi connectivity index (χ3v) is 11.9. The van der Waals surface area contributed by atoms with Gasteiger partial charge in [-0.25, -0.2) is 9.78 Å². The topological polar surface area (TPSA) is 103 Å². The number of amides is 2. The molecule has 2 bridgehead atoms. The Hall–Kier alpha value is -4.34. The minimum atomic E-state index is -1.07. The van der Waals surface area contributed by atoms with Crippen LogP contribution in [-0.4, -0.2) is 41.8 Å². The van der Waals surface area contributed by atoms with E-state index in [1.807, 2.05) is 6.92 Å². The highest BCUT2D eigenvalue weighted by atomic mass is 79.9. The normalized spacial score (nSPS) is 25.6. The summed E-state index contributed by atoms with van der Waals surface area (Å²) in [4.78, 5) is 60.4. The molecule has 9 rings (SSSR count). The van der Waals surface area contributed by atoms with Crippen molar-refractivity contribution in [1.29, 1.82) is 0 Å². The van der Waals surface area contributed by atoms with Gasteiger partial charge < -0.3 is 9.47 Å². The maximum absolute atomic E-state index is 13.7. The molecule has 0 spiro atoms. The highest BCUT2D eigenvalue weighted by molar-refractivity contribution is 9.10. The Balaban J connectivity index is 1.11. The summed E-state index contributed by atoms with van der Waals surface area (Å²) in [5.41, 5.74) is 3.41. The average molecular weight is 726 g/mol. The van der Waals surface area contributed by atoms with Crippen molar-refractivity contribution in [3.05, 3.63) is 99.0 Å². The Morgan fingerprint density at radius 1 is 0.958 bits per heavy atom. The van der Waals surface area contributed by atoms with E-state index in [0.29, 0.717) is 66.1 Å². The van der Waals surface area contributed by atoms with E-state index >= 15 is 0 Å². The van der Waals surface area contributed by atoms with Crippen LogP contribution in [0.2, 0.25) is 5.02 Å². The van der Waals surface area contributed by atoms with Gasteiger partial charge >= 0.3 is 5.97 Å². The van der Waals surface area contributed by atoms with Crippen LogP contribution in [0.25, 0.3) is 22.2 Å². The van der Waals surface area contributed by atoms with E-state index < -0.39 is 12.1 Å². The number of hydrogen-bond donors (Lipinski definition) is 0. The van der Waals surface area contributed by atoms with Crippen LogP contribution in [0.1, 0.15) is 39.6 Å². The van der Waals surface area contributed by atoms with Gasteiger partial charge in [0.1, 0.15) is 5.75 Å². The first-order valence-corrected chi connectivity index (χ1v) is 17.1. The van der Waals surface area contributed by atoms with Gasteiger partial charge in [0.25, 0.3) is 0 Å². The summed E-state index contributed by atoms with van der Waals surface area (Å²) in [6.45, 7) is 3.35. The van der Waals surface area contributed by atoms with Crippen molar-refractivity contribution in [2.75, 3.05) is 12.0 Å². The van der Waals surface area contributed by atoms with Crippen LogP contribution in [-0.2, 0) is 14.3 Å². The van der Waals surface area contributed by atoms with Crippen molar-refractivity contribution in [2.24, 2.45) is 35.5 Å². The number of rotatable bonds is 7. The van der Waals surface area contributed by atoms with Crippen LogP contribution in [0.15, 0.2) is 77.3 Å². The summed E-state index contributed by atoms with van der Waals surface area (Å²) in [6, 6.07) is 17.0. The second kappa shape index (κ2) is 11.4. The van der Waals surface area contributed by atoms with Crippen LogP contribution >= 0.6 is 27.5 Å². The van der Waals surface area contributed by atoms with E-state index in [9.17, 15) is 19.2 Å². The van der Waals surface area contributed by atoms with Gasteiger partial charge in [0.2, 0.25) is 17.6 Å². The minimum absolute atomic E-state index is 0.120. The number of aromatic nitrogens is 1. The van der Waals surface area contributed by atoms with Crippen molar-refractivity contribution in [2.45, 2.75) is 26.4 Å². The van der Waals surface area contributed by atoms with Gasteiger partial charge in [0, 0.05) is 21.0 Å². The predicted molar refractivity (Wildman–Crippen MR) is 184 cm³/mol. The number of carbonyl (C=O) groups is 4. The molecule has 2 saturated carbocycles. The van der Waals surface area contributed by atoms with E-state index in [0.717, 1.165) is 6.42 Å². The van der Waals surface area contributed by atoms with Crippen LogP contribution in [0, 0.1) is 42.4 Å². The van der Waals surface area contributed by atoms with Crippen LogP contribution in [0.3, 0.4) is 0 Å². The van der Waals surface area contributed by atoms with Crippen LogP contribution in [0.5, 0.6) is 5.75 Å². The zero-order chi connectivity index (χ0) is 33.6. The Morgan fingerprint density at radius 2 is 1.58 bits per heavy atom. The molecule has 242 valence electrons. The Bertz CT molecular complexity index is 2060. The highest BCUT2D eigenvalue weighted by Gasteiger charge is 2.67. The molecule has 2 amide bonds. The number of fused-ring (bicyclic) bond motifs is 1. The molecule has 4 aliphatic carbocycles. The fourth-order valence-electron chi connectivity index (χ4n) is 8.04. The molecule has 2 heterocycles. The number of anilines is 1. The van der Waals surface area contributed by atoms with Gasteiger partial charge in [-0.05, 0) is 114 Å². The van der Waals surface area contributed by atoms with Crippen molar-refractivity contribution in [3.8, 4) is 17.0 Å². The number of aryl methyl sites for hydroxylation is 1. The van der Waals surface area contributed by atoms with E-state index in [4.69, 9.17) is 26.1 Å². The molecule has 4 aromatic rings. The van der Waals surface area contributed by atoms with E-state index in [1.54, 1.807) is 67.8 Å². The van der Waals surface area contributed by atoms with Gasteiger partial charge in [-0.1, -0.05) is 35.9 Å². The lowest BCUT2D eigenvalue weighted by Gasteiger charge is -2.37. The third-order valence-electron chi connectivity index (χ3n) is 10.6. The number of halogens is 2. The van der Waals surface area contributed by atoms with Crippen LogP contribution < -0.4 is 9.64 Å². The zero-order valence-corrected chi connectivity index (χ0v) is 28.6. The number of nitrogens with zero attached hydrogens (tertiary/aromatic N) is 2. The molecule has 1 aromatic heterocycles. The first kappa shape index (κ1) is 31.0. The quantitative estimate of drug-likeness (QED) is 0.0836. The first-order valence-electron chi connectivity index (χ1n) is 15.9. The monoisotopic (exact) mass is 724 g/mol. The predicted octanol–water partition coefficient (Wildman–Crippen LogP) is 7.62. The number of carbonyl (C=O) groups excluding carboxylic acids is 4. The maximum atomic E-state index is 13.7. The summed E-state index contributed by atoms with van der Waals surface area (Å²) in [7, 11) is 1.54. The number of hydrogen-bond acceptors (Lipinski definition) is 7.